The van der Waals surface area contributed by atoms with Gasteiger partial charge in [0.15, 0.2) is 0 Å². The first-order chi connectivity index (χ1) is 14.4. The first kappa shape index (κ1) is 20.7. The average molecular weight is 417 g/mol. The Morgan fingerprint density at radius 1 is 1.03 bits per heavy atom. The van der Waals surface area contributed by atoms with Crippen molar-refractivity contribution in [3.8, 4) is 0 Å². The van der Waals surface area contributed by atoms with E-state index in [2.05, 4.69) is 22.0 Å². The van der Waals surface area contributed by atoms with Crippen molar-refractivity contribution in [3.05, 3.63) is 59.7 Å². The van der Waals surface area contributed by atoms with Crippen LogP contribution in [0.2, 0.25) is 0 Å². The summed E-state index contributed by atoms with van der Waals surface area (Å²) >= 11 is 0. The largest absolute Gasteiger partial charge is 0.416 e. The predicted molar refractivity (Wildman–Crippen MR) is 112 cm³/mol. The summed E-state index contributed by atoms with van der Waals surface area (Å²) in [6.07, 6.45) is -3.68. The summed E-state index contributed by atoms with van der Waals surface area (Å²) < 4.78 is 38.2. The first-order valence-electron chi connectivity index (χ1n) is 10.4. The molecule has 2 aromatic rings. The van der Waals surface area contributed by atoms with Crippen molar-refractivity contribution in [1.82, 2.24) is 4.90 Å². The van der Waals surface area contributed by atoms with E-state index in [0.29, 0.717) is 6.42 Å². The number of benzene rings is 2. The maximum atomic E-state index is 12.8. The van der Waals surface area contributed by atoms with Gasteiger partial charge in [-0.25, -0.2) is 0 Å². The number of nitrogens with zero attached hydrogens (tertiary/aromatic N) is 2. The van der Waals surface area contributed by atoms with Gasteiger partial charge >= 0.3 is 6.18 Å². The van der Waals surface area contributed by atoms with Gasteiger partial charge < -0.3 is 15.1 Å². The molecular formula is C23H26F3N3O. The molecule has 0 bridgehead atoms. The fourth-order valence-corrected chi connectivity index (χ4v) is 4.16. The van der Waals surface area contributed by atoms with Crippen molar-refractivity contribution < 1.29 is 18.0 Å². The first-order valence-corrected chi connectivity index (χ1v) is 10.4. The van der Waals surface area contributed by atoms with Crippen LogP contribution in [-0.4, -0.2) is 43.5 Å². The number of piperazine rings is 1. The van der Waals surface area contributed by atoms with E-state index in [9.17, 15) is 18.0 Å². The molecule has 1 aliphatic heterocycles. The zero-order valence-corrected chi connectivity index (χ0v) is 17.0. The number of carbonyl (C=O) groups excluding carboxylic acids is 1. The van der Waals surface area contributed by atoms with Gasteiger partial charge in [0.1, 0.15) is 0 Å². The van der Waals surface area contributed by atoms with Gasteiger partial charge in [0.25, 0.3) is 0 Å². The van der Waals surface area contributed by atoms with E-state index in [1.54, 1.807) is 0 Å². The summed E-state index contributed by atoms with van der Waals surface area (Å²) in [5.74, 6) is -0.293. The van der Waals surface area contributed by atoms with Crippen LogP contribution in [0.15, 0.2) is 48.5 Å². The molecule has 0 radical (unpaired) electrons. The van der Waals surface area contributed by atoms with Crippen LogP contribution in [0.3, 0.4) is 0 Å². The molecule has 0 aromatic heterocycles. The lowest BCUT2D eigenvalue weighted by molar-refractivity contribution is -0.137. The monoisotopic (exact) mass is 417 g/mol. The second-order valence-corrected chi connectivity index (χ2v) is 8.00. The Hall–Kier alpha value is -2.54. The molecule has 2 aromatic carbocycles. The number of alkyl halides is 3. The van der Waals surface area contributed by atoms with Crippen LogP contribution in [-0.2, 0) is 11.0 Å². The molecule has 30 heavy (non-hydrogen) atoms. The maximum absolute atomic E-state index is 12.8. The third kappa shape index (κ3) is 4.46. The molecule has 1 aliphatic carbocycles. The fraction of sp³-hybridized carbons (Fsp3) is 0.435. The van der Waals surface area contributed by atoms with Crippen molar-refractivity contribution in [1.29, 1.82) is 0 Å². The van der Waals surface area contributed by atoms with E-state index >= 15 is 0 Å². The van der Waals surface area contributed by atoms with Crippen LogP contribution in [0, 0.1) is 5.92 Å². The van der Waals surface area contributed by atoms with Gasteiger partial charge in [-0.1, -0.05) is 31.2 Å². The number of nitrogens with one attached hydrogen (secondary N) is 1. The van der Waals surface area contributed by atoms with Crippen molar-refractivity contribution >= 4 is 17.3 Å². The number of anilines is 2. The fourth-order valence-electron chi connectivity index (χ4n) is 4.16. The Bertz CT molecular complexity index is 889. The number of para-hydroxylation sites is 2. The van der Waals surface area contributed by atoms with E-state index in [4.69, 9.17) is 0 Å². The van der Waals surface area contributed by atoms with Crippen LogP contribution in [0.1, 0.15) is 30.4 Å². The van der Waals surface area contributed by atoms with Gasteiger partial charge in [-0.2, -0.15) is 13.2 Å². The van der Waals surface area contributed by atoms with Gasteiger partial charge in [-0.15, -0.1) is 0 Å². The van der Waals surface area contributed by atoms with E-state index in [1.165, 1.54) is 12.1 Å². The molecule has 1 heterocycles. The van der Waals surface area contributed by atoms with Crippen LogP contribution < -0.4 is 10.2 Å². The Morgan fingerprint density at radius 2 is 1.70 bits per heavy atom. The highest BCUT2D eigenvalue weighted by molar-refractivity contribution is 5.98. The number of likely N-dealkylation sites (N-methyl/N-ethyl adjacent to an activating group) is 1. The zero-order chi connectivity index (χ0) is 21.3. The van der Waals surface area contributed by atoms with Gasteiger partial charge in [-0.05, 0) is 48.7 Å². The number of amides is 1. The molecule has 2 atom stereocenters. The molecule has 7 heteroatoms. The average Bonchev–Trinajstić information content (AvgIpc) is 3.55. The van der Waals surface area contributed by atoms with Gasteiger partial charge in [0.05, 0.1) is 16.9 Å². The van der Waals surface area contributed by atoms with E-state index in [1.807, 2.05) is 24.3 Å². The van der Waals surface area contributed by atoms with E-state index in [-0.39, 0.29) is 17.7 Å². The summed E-state index contributed by atoms with van der Waals surface area (Å²) in [6, 6.07) is 13.0. The zero-order valence-electron chi connectivity index (χ0n) is 17.0. The molecule has 1 amide bonds. The van der Waals surface area contributed by atoms with Crippen LogP contribution >= 0.6 is 0 Å². The quantitative estimate of drug-likeness (QED) is 0.773. The normalized spacial score (nSPS) is 22.1. The number of hydrogen-bond acceptors (Lipinski definition) is 3. The molecule has 2 unspecified atom stereocenters. The summed E-state index contributed by atoms with van der Waals surface area (Å²) in [7, 11) is 0. The number of hydrogen-bond donors (Lipinski definition) is 1. The van der Waals surface area contributed by atoms with Crippen LogP contribution in [0.25, 0.3) is 0 Å². The Labute approximate surface area is 174 Å². The molecule has 1 saturated heterocycles. The highest BCUT2D eigenvalue weighted by atomic mass is 19.4. The summed E-state index contributed by atoms with van der Waals surface area (Å²) in [6.45, 7) is 7.03. The summed E-state index contributed by atoms with van der Waals surface area (Å²) in [5.41, 5.74) is 1.94. The highest BCUT2D eigenvalue weighted by Crippen LogP contribution is 2.48. The van der Waals surface area contributed by atoms with Crippen molar-refractivity contribution in [2.24, 2.45) is 5.92 Å². The predicted octanol–water partition coefficient (Wildman–Crippen LogP) is 4.59. The summed E-state index contributed by atoms with van der Waals surface area (Å²) in [5, 5.41) is 3.06. The van der Waals surface area contributed by atoms with Crippen molar-refractivity contribution in [3.63, 3.8) is 0 Å². The molecule has 2 aliphatic rings. The minimum Gasteiger partial charge on any atom is -0.367 e. The van der Waals surface area contributed by atoms with Crippen LogP contribution in [0.5, 0.6) is 0 Å². The molecular weight excluding hydrogens is 391 g/mol. The maximum Gasteiger partial charge on any atom is 0.416 e. The molecule has 160 valence electrons. The van der Waals surface area contributed by atoms with E-state index in [0.717, 1.165) is 61.8 Å². The molecule has 1 saturated carbocycles. The molecule has 2 fully saturated rings. The minimum atomic E-state index is -4.34. The molecule has 0 spiro atoms. The second kappa shape index (κ2) is 8.30. The van der Waals surface area contributed by atoms with Crippen molar-refractivity contribution in [2.45, 2.75) is 25.4 Å². The SMILES string of the molecule is CCN1CCN(c2ccccc2NC(=O)C2CC2c2ccc(C(F)(F)F)cc2)CC1. The molecule has 1 N–H and O–H groups in total. The number of halogens is 3. The third-order valence-corrected chi connectivity index (χ3v) is 6.12. The topological polar surface area (TPSA) is 35.6 Å². The minimum absolute atomic E-state index is 0.0208. The van der Waals surface area contributed by atoms with Crippen LogP contribution in [0.4, 0.5) is 24.5 Å². The lowest BCUT2D eigenvalue weighted by Gasteiger charge is -2.36. The Balaban J connectivity index is 1.40. The summed E-state index contributed by atoms with van der Waals surface area (Å²) in [4.78, 5) is 17.5. The van der Waals surface area contributed by atoms with Gasteiger partial charge in [0.2, 0.25) is 5.91 Å². The molecule has 4 nitrogen and oxygen atoms in total. The number of carbonyl (C=O) groups is 1. The highest BCUT2D eigenvalue weighted by Gasteiger charge is 2.44. The number of rotatable bonds is 5. The standard InChI is InChI=1S/C23H26F3N3O/c1-2-28-11-13-29(14-12-28)21-6-4-3-5-20(21)27-22(30)19-15-18(19)16-7-9-17(10-8-16)23(24,25)26/h3-10,18-19H,2,11-15H2,1H3,(H,27,30). The third-order valence-electron chi connectivity index (χ3n) is 6.12. The smallest absolute Gasteiger partial charge is 0.367 e. The Kier molecular flexibility index (Phi) is 5.73. The molecule has 4 rings (SSSR count). The van der Waals surface area contributed by atoms with Crippen molar-refractivity contribution in [2.75, 3.05) is 42.9 Å². The van der Waals surface area contributed by atoms with Gasteiger partial charge in [-0.3, -0.25) is 4.79 Å². The van der Waals surface area contributed by atoms with E-state index < -0.39 is 11.7 Å². The Morgan fingerprint density at radius 3 is 2.33 bits per heavy atom. The van der Waals surface area contributed by atoms with Gasteiger partial charge in [0, 0.05) is 32.1 Å². The lowest BCUT2D eigenvalue weighted by atomic mass is 10.1. The lowest BCUT2D eigenvalue weighted by Crippen LogP contribution is -2.46. The second-order valence-electron chi connectivity index (χ2n) is 8.00.